The van der Waals surface area contributed by atoms with Gasteiger partial charge in [0.25, 0.3) is 0 Å². The number of rotatable bonds is 5. The summed E-state index contributed by atoms with van der Waals surface area (Å²) in [5, 5.41) is 11.6. The number of hydrogen-bond donors (Lipinski definition) is 2. The summed E-state index contributed by atoms with van der Waals surface area (Å²) in [5.74, 6) is -1.36. The van der Waals surface area contributed by atoms with Gasteiger partial charge < -0.3 is 10.4 Å². The Balaban J connectivity index is 2.59. The highest BCUT2D eigenvalue weighted by Crippen LogP contribution is 2.17. The van der Waals surface area contributed by atoms with Gasteiger partial charge in [0.15, 0.2) is 0 Å². The van der Waals surface area contributed by atoms with Crippen molar-refractivity contribution in [2.75, 3.05) is 6.54 Å². The molecule has 1 aromatic rings. The number of carboxylic acid groups (broad SMARTS) is 1. The fourth-order valence-corrected chi connectivity index (χ4v) is 1.43. The van der Waals surface area contributed by atoms with Crippen LogP contribution in [0.15, 0.2) is 30.3 Å². The van der Waals surface area contributed by atoms with Crippen molar-refractivity contribution in [3.05, 3.63) is 35.9 Å². The molecule has 0 aromatic heterocycles. The fraction of sp³-hybridized carbons (Fsp3) is 0.429. The standard InChI is InChI=1S/C14H19NO3/c1-10(11-7-5-4-6-8-11)12(16)15-9-14(2,3)13(17)18/h4-8,10H,9H2,1-3H3,(H,15,16)(H,17,18)/t10-/m0/s1. The van der Waals surface area contributed by atoms with Gasteiger partial charge in [0.2, 0.25) is 5.91 Å². The molecule has 0 saturated carbocycles. The van der Waals surface area contributed by atoms with Gasteiger partial charge in [-0.15, -0.1) is 0 Å². The molecule has 0 fully saturated rings. The van der Waals surface area contributed by atoms with E-state index < -0.39 is 11.4 Å². The minimum atomic E-state index is -0.952. The molecule has 0 radical (unpaired) electrons. The summed E-state index contributed by atoms with van der Waals surface area (Å²) in [5.41, 5.74) is -0.0327. The lowest BCUT2D eigenvalue weighted by Crippen LogP contribution is -2.40. The van der Waals surface area contributed by atoms with E-state index in [-0.39, 0.29) is 18.4 Å². The molecule has 0 saturated heterocycles. The van der Waals surface area contributed by atoms with Gasteiger partial charge in [-0.25, -0.2) is 0 Å². The smallest absolute Gasteiger partial charge is 0.310 e. The molecule has 0 aliphatic heterocycles. The number of carboxylic acids is 1. The Morgan fingerprint density at radius 3 is 2.33 bits per heavy atom. The summed E-state index contributed by atoms with van der Waals surface area (Å²) in [6.45, 7) is 5.10. The van der Waals surface area contributed by atoms with E-state index in [0.717, 1.165) is 5.56 Å². The van der Waals surface area contributed by atoms with Gasteiger partial charge in [0.05, 0.1) is 11.3 Å². The number of aliphatic carboxylic acids is 1. The number of hydrogen-bond acceptors (Lipinski definition) is 2. The third-order valence-corrected chi connectivity index (χ3v) is 2.98. The molecule has 0 heterocycles. The highest BCUT2D eigenvalue weighted by molar-refractivity contribution is 5.84. The molecule has 98 valence electrons. The van der Waals surface area contributed by atoms with Gasteiger partial charge >= 0.3 is 5.97 Å². The fourth-order valence-electron chi connectivity index (χ4n) is 1.43. The Morgan fingerprint density at radius 1 is 1.28 bits per heavy atom. The molecule has 18 heavy (non-hydrogen) atoms. The SMILES string of the molecule is C[C@H](C(=O)NCC(C)(C)C(=O)O)c1ccccc1. The molecular formula is C14H19NO3. The average molecular weight is 249 g/mol. The van der Waals surface area contributed by atoms with Crippen LogP contribution in [0.5, 0.6) is 0 Å². The van der Waals surface area contributed by atoms with Crippen LogP contribution in [-0.2, 0) is 9.59 Å². The van der Waals surface area contributed by atoms with Crippen molar-refractivity contribution in [2.45, 2.75) is 26.7 Å². The first-order chi connectivity index (χ1) is 8.34. The van der Waals surface area contributed by atoms with Crippen molar-refractivity contribution in [3.63, 3.8) is 0 Å². The molecule has 0 spiro atoms. The topological polar surface area (TPSA) is 66.4 Å². The Kier molecular flexibility index (Phi) is 4.48. The van der Waals surface area contributed by atoms with Gasteiger partial charge in [-0.1, -0.05) is 30.3 Å². The van der Waals surface area contributed by atoms with Crippen molar-refractivity contribution in [1.29, 1.82) is 0 Å². The van der Waals surface area contributed by atoms with Crippen molar-refractivity contribution in [1.82, 2.24) is 5.32 Å². The molecule has 1 amide bonds. The van der Waals surface area contributed by atoms with Gasteiger partial charge in [-0.3, -0.25) is 9.59 Å². The predicted octanol–water partition coefficient (Wildman–Crippen LogP) is 2.02. The third-order valence-electron chi connectivity index (χ3n) is 2.98. The molecule has 1 atom stereocenters. The third kappa shape index (κ3) is 3.58. The quantitative estimate of drug-likeness (QED) is 0.839. The lowest BCUT2D eigenvalue weighted by Gasteiger charge is -2.21. The van der Waals surface area contributed by atoms with Crippen molar-refractivity contribution < 1.29 is 14.7 Å². The summed E-state index contributed by atoms with van der Waals surface area (Å²) in [6.07, 6.45) is 0. The number of amides is 1. The van der Waals surface area contributed by atoms with Crippen LogP contribution in [0.25, 0.3) is 0 Å². The lowest BCUT2D eigenvalue weighted by molar-refractivity contribution is -0.146. The summed E-state index contributed by atoms with van der Waals surface area (Å²) in [6, 6.07) is 9.40. The molecular weight excluding hydrogens is 230 g/mol. The Hall–Kier alpha value is -1.84. The van der Waals surface area contributed by atoms with Crippen LogP contribution in [0, 0.1) is 5.41 Å². The van der Waals surface area contributed by atoms with Crippen LogP contribution in [0.3, 0.4) is 0 Å². The summed E-state index contributed by atoms with van der Waals surface area (Å²) < 4.78 is 0. The first-order valence-electron chi connectivity index (χ1n) is 5.90. The Bertz CT molecular complexity index is 426. The average Bonchev–Trinajstić information content (AvgIpc) is 2.36. The van der Waals surface area contributed by atoms with Crippen LogP contribution < -0.4 is 5.32 Å². The van der Waals surface area contributed by atoms with Crippen molar-refractivity contribution in [3.8, 4) is 0 Å². The number of carbonyl (C=O) groups excluding carboxylic acids is 1. The van der Waals surface area contributed by atoms with E-state index in [0.29, 0.717) is 0 Å². The molecule has 2 N–H and O–H groups in total. The molecule has 0 unspecified atom stereocenters. The maximum absolute atomic E-state index is 11.9. The van der Waals surface area contributed by atoms with Crippen LogP contribution >= 0.6 is 0 Å². The van der Waals surface area contributed by atoms with Gasteiger partial charge in [-0.05, 0) is 26.3 Å². The van der Waals surface area contributed by atoms with Gasteiger partial charge in [0.1, 0.15) is 0 Å². The normalized spacial score (nSPS) is 12.8. The van der Waals surface area contributed by atoms with Crippen LogP contribution in [0.4, 0.5) is 0 Å². The maximum atomic E-state index is 11.9. The predicted molar refractivity (Wildman–Crippen MR) is 69.3 cm³/mol. The van der Waals surface area contributed by atoms with E-state index in [2.05, 4.69) is 5.32 Å². The molecule has 0 bridgehead atoms. The number of carbonyl (C=O) groups is 2. The molecule has 1 rings (SSSR count). The molecule has 0 aliphatic carbocycles. The van der Waals surface area contributed by atoms with E-state index >= 15 is 0 Å². The Labute approximate surface area is 107 Å². The van der Waals surface area contributed by atoms with Crippen molar-refractivity contribution in [2.24, 2.45) is 5.41 Å². The van der Waals surface area contributed by atoms with Gasteiger partial charge in [0, 0.05) is 6.54 Å². The highest BCUT2D eigenvalue weighted by Gasteiger charge is 2.28. The van der Waals surface area contributed by atoms with E-state index in [1.807, 2.05) is 30.3 Å². The van der Waals surface area contributed by atoms with E-state index in [9.17, 15) is 9.59 Å². The second kappa shape index (κ2) is 5.67. The Morgan fingerprint density at radius 2 is 1.83 bits per heavy atom. The molecule has 1 aromatic carbocycles. The summed E-state index contributed by atoms with van der Waals surface area (Å²) >= 11 is 0. The van der Waals surface area contributed by atoms with Gasteiger partial charge in [-0.2, -0.15) is 0 Å². The van der Waals surface area contributed by atoms with Crippen molar-refractivity contribution >= 4 is 11.9 Å². The minimum Gasteiger partial charge on any atom is -0.481 e. The lowest BCUT2D eigenvalue weighted by atomic mass is 9.93. The second-order valence-corrected chi connectivity index (χ2v) is 5.04. The minimum absolute atomic E-state index is 0.123. The monoisotopic (exact) mass is 249 g/mol. The van der Waals surface area contributed by atoms with Crippen LogP contribution in [0.2, 0.25) is 0 Å². The zero-order valence-corrected chi connectivity index (χ0v) is 10.9. The number of nitrogens with one attached hydrogen (secondary N) is 1. The zero-order chi connectivity index (χ0) is 13.8. The first kappa shape index (κ1) is 14.2. The van der Waals surface area contributed by atoms with E-state index in [1.54, 1.807) is 20.8 Å². The highest BCUT2D eigenvalue weighted by atomic mass is 16.4. The largest absolute Gasteiger partial charge is 0.481 e. The first-order valence-corrected chi connectivity index (χ1v) is 5.90. The summed E-state index contributed by atoms with van der Waals surface area (Å²) in [7, 11) is 0. The number of benzene rings is 1. The molecule has 0 aliphatic rings. The second-order valence-electron chi connectivity index (χ2n) is 5.04. The summed E-state index contributed by atoms with van der Waals surface area (Å²) in [4.78, 5) is 22.8. The van der Waals surface area contributed by atoms with E-state index in [1.165, 1.54) is 0 Å². The zero-order valence-electron chi connectivity index (χ0n) is 10.9. The van der Waals surface area contributed by atoms with E-state index in [4.69, 9.17) is 5.11 Å². The van der Waals surface area contributed by atoms with Crippen LogP contribution in [0.1, 0.15) is 32.3 Å². The molecule has 4 nitrogen and oxygen atoms in total. The molecule has 4 heteroatoms. The maximum Gasteiger partial charge on any atom is 0.310 e. The van der Waals surface area contributed by atoms with Crippen LogP contribution in [-0.4, -0.2) is 23.5 Å².